The van der Waals surface area contributed by atoms with Crippen molar-refractivity contribution in [3.8, 4) is 0 Å². The largest absolute Gasteiger partial charge is 0.324 e. The minimum atomic E-state index is -0.672. The molecule has 0 saturated heterocycles. The van der Waals surface area contributed by atoms with Crippen LogP contribution in [0.3, 0.4) is 0 Å². The van der Waals surface area contributed by atoms with Crippen LogP contribution in [0.4, 0.5) is 5.69 Å². The Morgan fingerprint density at radius 2 is 1.79 bits per heavy atom. The molecule has 1 aliphatic heterocycles. The number of carbonyl (C=O) groups is 1. The number of amides is 1. The van der Waals surface area contributed by atoms with Crippen LogP contribution < -0.4 is 5.32 Å². The normalized spacial score (nSPS) is 16.2. The van der Waals surface area contributed by atoms with E-state index in [4.69, 9.17) is 39.8 Å². The van der Waals surface area contributed by atoms with Gasteiger partial charge in [0.15, 0.2) is 0 Å². The molecule has 1 aromatic heterocycles. The maximum absolute atomic E-state index is 12.9. The maximum Gasteiger partial charge on any atom is 0.249 e. The molecule has 1 atom stereocenters. The van der Waals surface area contributed by atoms with Crippen molar-refractivity contribution >= 4 is 52.1 Å². The molecule has 2 heterocycles. The van der Waals surface area contributed by atoms with E-state index in [-0.39, 0.29) is 5.91 Å². The number of aromatic nitrogens is 2. The molecule has 0 saturated carbocycles. The van der Waals surface area contributed by atoms with Crippen molar-refractivity contribution in [1.29, 1.82) is 0 Å². The number of hydrogen-bond donors (Lipinski definition) is 2. The van der Waals surface area contributed by atoms with Crippen LogP contribution in [0, 0.1) is 6.92 Å². The number of benzene rings is 2. The third-order valence-corrected chi connectivity index (χ3v) is 5.42. The van der Waals surface area contributed by atoms with Gasteiger partial charge >= 0.3 is 0 Å². The van der Waals surface area contributed by atoms with E-state index in [0.29, 0.717) is 32.9 Å². The Balaban J connectivity index is 1.83. The van der Waals surface area contributed by atoms with Crippen LogP contribution in [0.15, 0.2) is 47.6 Å². The maximum atomic E-state index is 12.9. The van der Waals surface area contributed by atoms with Crippen LogP contribution in [0.2, 0.25) is 15.1 Å². The average molecular weight is 434 g/mol. The topological polar surface area (TPSA) is 70.1 Å². The number of nitrogens with zero attached hydrogens (tertiary/aromatic N) is 2. The van der Waals surface area contributed by atoms with Gasteiger partial charge in [0.1, 0.15) is 6.04 Å². The number of halogens is 3. The van der Waals surface area contributed by atoms with Crippen molar-refractivity contribution in [3.63, 3.8) is 0 Å². The zero-order valence-electron chi connectivity index (χ0n) is 14.8. The number of hydrogen-bond acceptors (Lipinski definition) is 3. The minimum absolute atomic E-state index is 0.217. The number of aliphatic imine (C=N–C) groups is 1. The summed E-state index contributed by atoms with van der Waals surface area (Å²) in [5.74, 6) is -0.217. The van der Waals surface area contributed by atoms with Gasteiger partial charge in [0.25, 0.3) is 0 Å². The number of anilines is 1. The number of rotatable bonds is 3. The molecule has 0 spiro atoms. The van der Waals surface area contributed by atoms with Crippen molar-refractivity contribution in [3.05, 3.63) is 80.0 Å². The Bertz CT molecular complexity index is 1110. The molecule has 3 aromatic rings. The number of carbonyl (C=O) groups excluding carboxylic acids is 1. The molecule has 1 unspecified atom stereocenters. The van der Waals surface area contributed by atoms with Gasteiger partial charge in [-0.15, -0.1) is 0 Å². The van der Waals surface area contributed by atoms with Crippen molar-refractivity contribution in [2.75, 3.05) is 5.32 Å². The number of aryl methyl sites for hydroxylation is 1. The van der Waals surface area contributed by atoms with Crippen molar-refractivity contribution in [1.82, 2.24) is 10.2 Å². The zero-order chi connectivity index (χ0) is 19.8. The molecule has 5 nitrogen and oxygen atoms in total. The molecule has 1 amide bonds. The number of H-pyrrole nitrogens is 1. The van der Waals surface area contributed by atoms with Crippen LogP contribution in [-0.4, -0.2) is 27.9 Å². The second kappa shape index (κ2) is 7.59. The second-order valence-corrected chi connectivity index (χ2v) is 7.80. The third kappa shape index (κ3) is 3.65. The van der Waals surface area contributed by atoms with Crippen molar-refractivity contribution in [2.45, 2.75) is 19.4 Å². The van der Waals surface area contributed by atoms with Crippen molar-refractivity contribution in [2.24, 2.45) is 4.99 Å². The highest BCUT2D eigenvalue weighted by molar-refractivity contribution is 6.35. The monoisotopic (exact) mass is 432 g/mol. The van der Waals surface area contributed by atoms with E-state index in [1.807, 2.05) is 13.0 Å². The predicted molar refractivity (Wildman–Crippen MR) is 113 cm³/mol. The summed E-state index contributed by atoms with van der Waals surface area (Å²) in [4.78, 5) is 17.7. The van der Waals surface area contributed by atoms with Gasteiger partial charge < -0.3 is 5.32 Å². The number of aromatic amines is 1. The Morgan fingerprint density at radius 1 is 1.04 bits per heavy atom. The molecule has 2 N–H and O–H groups in total. The highest BCUT2D eigenvalue weighted by Gasteiger charge is 2.28. The van der Waals surface area contributed by atoms with Crippen LogP contribution >= 0.6 is 34.8 Å². The van der Waals surface area contributed by atoms with Crippen molar-refractivity contribution < 1.29 is 4.79 Å². The lowest BCUT2D eigenvalue weighted by Crippen LogP contribution is -2.27. The average Bonchev–Trinajstić information content (AvgIpc) is 3.02. The van der Waals surface area contributed by atoms with E-state index in [1.54, 1.807) is 36.5 Å². The van der Waals surface area contributed by atoms with Gasteiger partial charge in [0, 0.05) is 38.3 Å². The van der Waals surface area contributed by atoms with Gasteiger partial charge in [-0.1, -0.05) is 40.9 Å². The van der Waals surface area contributed by atoms with Crippen LogP contribution in [-0.2, 0) is 11.2 Å². The summed E-state index contributed by atoms with van der Waals surface area (Å²) in [6.45, 7) is 1.90. The summed E-state index contributed by atoms with van der Waals surface area (Å²) in [6, 6.07) is 9.85. The molecule has 0 bridgehead atoms. The standard InChI is InChI=1S/C20H15Cl3N4O/c1-10-15(9-24-27-10)19-14-7-12(21)4-5-17(14)26-20(28)18(25-19)6-11-2-3-13(22)8-16(11)23/h2-5,7-9,18H,6H2,1H3,(H,24,27)(H,26,28). The minimum Gasteiger partial charge on any atom is -0.324 e. The third-order valence-electron chi connectivity index (χ3n) is 4.60. The number of benzodiazepines with no additional fused rings is 1. The van der Waals surface area contributed by atoms with Gasteiger partial charge in [-0.2, -0.15) is 5.10 Å². The van der Waals surface area contributed by atoms with E-state index < -0.39 is 6.04 Å². The summed E-state index contributed by atoms with van der Waals surface area (Å²) in [5, 5.41) is 11.6. The number of fused-ring (bicyclic) bond motifs is 1. The van der Waals surface area contributed by atoms with Gasteiger partial charge in [0.2, 0.25) is 5.91 Å². The highest BCUT2D eigenvalue weighted by Crippen LogP contribution is 2.30. The molecule has 4 rings (SSSR count). The first-order valence-corrected chi connectivity index (χ1v) is 9.68. The molecule has 1 aliphatic rings. The molecular formula is C20H15Cl3N4O. The smallest absolute Gasteiger partial charge is 0.249 e. The molecule has 8 heteroatoms. The Hall–Kier alpha value is -2.34. The van der Waals surface area contributed by atoms with E-state index in [0.717, 1.165) is 22.4 Å². The summed E-state index contributed by atoms with van der Waals surface area (Å²) in [5.41, 5.74) is 4.50. The molecule has 0 aliphatic carbocycles. The van der Waals surface area contributed by atoms with E-state index >= 15 is 0 Å². The molecule has 0 radical (unpaired) electrons. The SMILES string of the molecule is Cc1[nH]ncc1C1=NC(Cc2ccc(Cl)cc2Cl)C(=O)Nc2ccc(Cl)cc21. The van der Waals surface area contributed by atoms with Gasteiger partial charge in [-0.25, -0.2) is 0 Å². The molecule has 142 valence electrons. The quantitative estimate of drug-likeness (QED) is 0.605. The second-order valence-electron chi connectivity index (χ2n) is 6.52. The van der Waals surface area contributed by atoms with Crippen LogP contribution in [0.25, 0.3) is 0 Å². The summed E-state index contributed by atoms with van der Waals surface area (Å²) in [7, 11) is 0. The zero-order valence-corrected chi connectivity index (χ0v) is 17.0. The summed E-state index contributed by atoms with van der Waals surface area (Å²) < 4.78 is 0. The van der Waals surface area contributed by atoms with Crippen LogP contribution in [0.5, 0.6) is 0 Å². The lowest BCUT2D eigenvalue weighted by atomic mass is 10.0. The van der Waals surface area contributed by atoms with Gasteiger partial charge in [0.05, 0.1) is 17.6 Å². The first kappa shape index (κ1) is 19.0. The molecule has 28 heavy (non-hydrogen) atoms. The van der Waals surface area contributed by atoms with Gasteiger partial charge in [-0.3, -0.25) is 14.9 Å². The number of nitrogens with one attached hydrogen (secondary N) is 2. The summed E-state index contributed by atoms with van der Waals surface area (Å²) in [6.07, 6.45) is 2.03. The first-order valence-electron chi connectivity index (χ1n) is 8.55. The van der Waals surface area contributed by atoms with Crippen LogP contribution in [0.1, 0.15) is 22.4 Å². The molecular weight excluding hydrogens is 419 g/mol. The fourth-order valence-corrected chi connectivity index (χ4v) is 3.82. The van der Waals surface area contributed by atoms with Gasteiger partial charge in [-0.05, 0) is 42.8 Å². The van der Waals surface area contributed by atoms with E-state index in [9.17, 15) is 4.79 Å². The molecule has 0 fully saturated rings. The first-order chi connectivity index (χ1) is 13.4. The van der Waals surface area contributed by atoms with E-state index in [2.05, 4.69) is 15.5 Å². The Morgan fingerprint density at radius 3 is 2.50 bits per heavy atom. The lowest BCUT2D eigenvalue weighted by molar-refractivity contribution is -0.117. The Kier molecular flexibility index (Phi) is 5.15. The fourth-order valence-electron chi connectivity index (χ4n) is 3.16. The van der Waals surface area contributed by atoms with E-state index in [1.165, 1.54) is 0 Å². The molecule has 2 aromatic carbocycles. The fraction of sp³-hybridized carbons (Fsp3) is 0.150. The predicted octanol–water partition coefficient (Wildman–Crippen LogP) is 5.08. The highest BCUT2D eigenvalue weighted by atomic mass is 35.5. The Labute approximate surface area is 176 Å². The lowest BCUT2D eigenvalue weighted by Gasteiger charge is -2.12. The summed E-state index contributed by atoms with van der Waals surface area (Å²) >= 11 is 18.5.